The Morgan fingerprint density at radius 1 is 1.11 bits per heavy atom. The van der Waals surface area contributed by atoms with Crippen LogP contribution in [0.5, 0.6) is 0 Å². The van der Waals surface area contributed by atoms with Gasteiger partial charge in [-0.05, 0) is 42.7 Å². The normalized spacial score (nSPS) is 20.8. The topological polar surface area (TPSA) is 102 Å². The van der Waals surface area contributed by atoms with Crippen molar-refractivity contribution in [3.05, 3.63) is 58.7 Å². The molecule has 6 rings (SSSR count). The molecule has 3 aromatic rings. The van der Waals surface area contributed by atoms with E-state index in [9.17, 15) is 18.8 Å². The average Bonchev–Trinajstić information content (AvgIpc) is 3.40. The molecule has 3 aliphatic heterocycles. The third-order valence-electron chi connectivity index (χ3n) is 7.46. The van der Waals surface area contributed by atoms with E-state index >= 15 is 0 Å². The Kier molecular flexibility index (Phi) is 5.48. The van der Waals surface area contributed by atoms with Crippen LogP contribution in [0.25, 0.3) is 11.0 Å². The standard InChI is InChI=1S/C26H27FN6O3/c1-15-8-18-16(12-29-24(18)28-11-15)13-31-4-6-32(7-5-31)22-10-17(27)9-19-20(22)14-33(26(19)36)21-2-3-23(34)30-25(21)35/h8-12,21H,2-7,13-14H2,1H3,(H,28,29)(H,30,34,35). The molecule has 2 fully saturated rings. The molecule has 3 amide bonds. The van der Waals surface area contributed by atoms with E-state index in [1.54, 1.807) is 0 Å². The molecule has 0 spiro atoms. The van der Waals surface area contributed by atoms with E-state index in [2.05, 4.69) is 31.2 Å². The SMILES string of the molecule is Cc1cnc2[nH]cc(CN3CCN(c4cc(F)cc5c4CN(C4CCC(=O)NC4=O)C5=O)CC3)c2c1. The Bertz CT molecular complexity index is 1390. The Labute approximate surface area is 207 Å². The molecule has 0 aliphatic carbocycles. The number of fused-ring (bicyclic) bond motifs is 2. The smallest absolute Gasteiger partial charge is 0.255 e. The number of aromatic amines is 1. The van der Waals surface area contributed by atoms with Gasteiger partial charge < -0.3 is 14.8 Å². The maximum atomic E-state index is 14.6. The lowest BCUT2D eigenvalue weighted by molar-refractivity contribution is -0.136. The summed E-state index contributed by atoms with van der Waals surface area (Å²) in [5.41, 5.74) is 4.96. The first-order valence-corrected chi connectivity index (χ1v) is 12.2. The highest BCUT2D eigenvalue weighted by molar-refractivity contribution is 6.06. The summed E-state index contributed by atoms with van der Waals surface area (Å²) < 4.78 is 14.6. The van der Waals surface area contributed by atoms with Crippen molar-refractivity contribution in [3.63, 3.8) is 0 Å². The second-order valence-electron chi connectivity index (χ2n) is 9.84. The van der Waals surface area contributed by atoms with E-state index in [0.29, 0.717) is 24.3 Å². The van der Waals surface area contributed by atoms with E-state index in [1.807, 2.05) is 19.3 Å². The van der Waals surface area contributed by atoms with Gasteiger partial charge >= 0.3 is 0 Å². The first-order valence-electron chi connectivity index (χ1n) is 12.2. The fourth-order valence-corrected chi connectivity index (χ4v) is 5.57. The lowest BCUT2D eigenvalue weighted by Crippen LogP contribution is -2.52. The molecule has 3 aliphatic rings. The number of rotatable bonds is 4. The number of nitrogens with one attached hydrogen (secondary N) is 2. The van der Waals surface area contributed by atoms with Crippen LogP contribution in [0.15, 0.2) is 30.6 Å². The van der Waals surface area contributed by atoms with Gasteiger partial charge in [-0.2, -0.15) is 0 Å². The Morgan fingerprint density at radius 3 is 2.69 bits per heavy atom. The van der Waals surface area contributed by atoms with Crippen molar-refractivity contribution < 1.29 is 18.8 Å². The summed E-state index contributed by atoms with van der Waals surface area (Å²) >= 11 is 0. The number of piperidine rings is 1. The number of aryl methyl sites for hydroxylation is 1. The Hall–Kier alpha value is -3.79. The number of carbonyl (C=O) groups is 3. The zero-order chi connectivity index (χ0) is 25.0. The number of anilines is 1. The first kappa shape index (κ1) is 22.7. The van der Waals surface area contributed by atoms with Crippen LogP contribution in [0.1, 0.15) is 39.9 Å². The van der Waals surface area contributed by atoms with Crippen LogP contribution in [0.2, 0.25) is 0 Å². The van der Waals surface area contributed by atoms with Crippen molar-refractivity contribution in [3.8, 4) is 0 Å². The molecule has 5 heterocycles. The number of imide groups is 1. The minimum Gasteiger partial charge on any atom is -0.369 e. The first-order chi connectivity index (χ1) is 17.4. The zero-order valence-corrected chi connectivity index (χ0v) is 20.0. The summed E-state index contributed by atoms with van der Waals surface area (Å²) in [6.07, 6.45) is 4.33. The number of benzene rings is 1. The van der Waals surface area contributed by atoms with Gasteiger partial charge in [-0.15, -0.1) is 0 Å². The van der Waals surface area contributed by atoms with Crippen LogP contribution in [-0.4, -0.2) is 69.7 Å². The van der Waals surface area contributed by atoms with Crippen molar-refractivity contribution in [1.29, 1.82) is 0 Å². The number of hydrogen-bond donors (Lipinski definition) is 2. The van der Waals surface area contributed by atoms with Gasteiger partial charge in [0.2, 0.25) is 11.8 Å². The van der Waals surface area contributed by atoms with Gasteiger partial charge in [-0.3, -0.25) is 24.6 Å². The molecule has 0 radical (unpaired) electrons. The quantitative estimate of drug-likeness (QED) is 0.543. The Morgan fingerprint density at radius 2 is 1.92 bits per heavy atom. The summed E-state index contributed by atoms with van der Waals surface area (Å²) in [6, 6.07) is 4.18. The summed E-state index contributed by atoms with van der Waals surface area (Å²) in [5, 5.41) is 3.44. The van der Waals surface area contributed by atoms with Crippen molar-refractivity contribution in [1.82, 2.24) is 25.1 Å². The van der Waals surface area contributed by atoms with Crippen LogP contribution in [0.4, 0.5) is 10.1 Å². The van der Waals surface area contributed by atoms with Crippen LogP contribution < -0.4 is 10.2 Å². The minimum absolute atomic E-state index is 0.186. The Balaban J connectivity index is 1.18. The van der Waals surface area contributed by atoms with Crippen LogP contribution in [0, 0.1) is 12.7 Å². The van der Waals surface area contributed by atoms with Crippen LogP contribution in [0.3, 0.4) is 0 Å². The largest absolute Gasteiger partial charge is 0.369 e. The van der Waals surface area contributed by atoms with Gasteiger partial charge in [0.25, 0.3) is 5.91 Å². The monoisotopic (exact) mass is 490 g/mol. The lowest BCUT2D eigenvalue weighted by Gasteiger charge is -2.37. The molecule has 9 nitrogen and oxygen atoms in total. The number of pyridine rings is 1. The third-order valence-corrected chi connectivity index (χ3v) is 7.46. The molecular weight excluding hydrogens is 463 g/mol. The number of nitrogens with zero attached hydrogens (tertiary/aromatic N) is 4. The molecule has 2 saturated heterocycles. The van der Waals surface area contributed by atoms with E-state index in [0.717, 1.165) is 41.8 Å². The summed E-state index contributed by atoms with van der Waals surface area (Å²) in [4.78, 5) is 50.7. The van der Waals surface area contributed by atoms with E-state index < -0.39 is 17.8 Å². The number of piperazine rings is 1. The molecule has 1 atom stereocenters. The number of hydrogen-bond acceptors (Lipinski definition) is 6. The zero-order valence-electron chi connectivity index (χ0n) is 20.0. The summed E-state index contributed by atoms with van der Waals surface area (Å²) in [6.45, 7) is 6.04. The highest BCUT2D eigenvalue weighted by Crippen LogP contribution is 2.35. The van der Waals surface area contributed by atoms with Gasteiger partial charge in [-0.1, -0.05) is 0 Å². The number of carbonyl (C=O) groups excluding carboxylic acids is 3. The number of aromatic nitrogens is 2. The fraction of sp³-hybridized carbons (Fsp3) is 0.385. The molecular formula is C26H27FN6O3. The molecule has 1 unspecified atom stereocenters. The number of amides is 3. The molecule has 0 bridgehead atoms. The number of halogens is 1. The van der Waals surface area contributed by atoms with Gasteiger partial charge in [0, 0.05) is 80.3 Å². The van der Waals surface area contributed by atoms with E-state index in [-0.39, 0.29) is 31.2 Å². The molecule has 2 aromatic heterocycles. The molecule has 36 heavy (non-hydrogen) atoms. The maximum Gasteiger partial charge on any atom is 0.255 e. The predicted octanol–water partition coefficient (Wildman–Crippen LogP) is 2.09. The predicted molar refractivity (Wildman–Crippen MR) is 131 cm³/mol. The third kappa shape index (κ3) is 3.91. The molecule has 2 N–H and O–H groups in total. The fourth-order valence-electron chi connectivity index (χ4n) is 5.57. The molecule has 0 saturated carbocycles. The second kappa shape index (κ2) is 8.70. The van der Waals surface area contributed by atoms with Crippen molar-refractivity contribution in [2.24, 2.45) is 0 Å². The second-order valence-corrected chi connectivity index (χ2v) is 9.84. The molecule has 186 valence electrons. The van der Waals surface area contributed by atoms with E-state index in [4.69, 9.17) is 0 Å². The highest BCUT2D eigenvalue weighted by Gasteiger charge is 2.41. The van der Waals surface area contributed by atoms with Gasteiger partial charge in [0.1, 0.15) is 17.5 Å². The van der Waals surface area contributed by atoms with Crippen molar-refractivity contribution in [2.45, 2.75) is 38.9 Å². The molecule has 1 aromatic carbocycles. The lowest BCUT2D eigenvalue weighted by atomic mass is 10.0. The minimum atomic E-state index is -0.718. The van der Waals surface area contributed by atoms with Crippen molar-refractivity contribution >= 4 is 34.4 Å². The van der Waals surface area contributed by atoms with Crippen LogP contribution >= 0.6 is 0 Å². The van der Waals surface area contributed by atoms with Gasteiger partial charge in [0.05, 0.1) is 0 Å². The average molecular weight is 491 g/mol. The van der Waals surface area contributed by atoms with Crippen molar-refractivity contribution in [2.75, 3.05) is 31.1 Å². The molecule has 10 heteroatoms. The highest BCUT2D eigenvalue weighted by atomic mass is 19.1. The van der Waals surface area contributed by atoms with E-state index in [1.165, 1.54) is 22.6 Å². The summed E-state index contributed by atoms with van der Waals surface area (Å²) in [7, 11) is 0. The number of H-pyrrole nitrogens is 1. The summed E-state index contributed by atoms with van der Waals surface area (Å²) in [5.74, 6) is -1.62. The van der Waals surface area contributed by atoms with Gasteiger partial charge in [0.15, 0.2) is 0 Å². The van der Waals surface area contributed by atoms with Gasteiger partial charge in [-0.25, -0.2) is 9.37 Å². The maximum absolute atomic E-state index is 14.6. The van der Waals surface area contributed by atoms with Crippen LogP contribution in [-0.2, 0) is 22.7 Å².